The average molecular weight is 303 g/mol. The van der Waals surface area contributed by atoms with Crippen LogP contribution >= 0.6 is 0 Å². The van der Waals surface area contributed by atoms with E-state index >= 15 is 0 Å². The van der Waals surface area contributed by atoms with E-state index in [0.717, 1.165) is 12.8 Å². The zero-order valence-corrected chi connectivity index (χ0v) is 13.5. The fourth-order valence-electron chi connectivity index (χ4n) is 2.57. The summed E-state index contributed by atoms with van der Waals surface area (Å²) in [5.74, 6) is -0.146. The van der Waals surface area contributed by atoms with Gasteiger partial charge in [0.15, 0.2) is 0 Å². The molecule has 1 aromatic rings. The number of urea groups is 1. The van der Waals surface area contributed by atoms with Crippen LogP contribution in [-0.4, -0.2) is 23.5 Å². The van der Waals surface area contributed by atoms with Crippen molar-refractivity contribution in [1.82, 2.24) is 10.6 Å². The number of hydrogen-bond acceptors (Lipinski definition) is 2. The summed E-state index contributed by atoms with van der Waals surface area (Å²) in [6.45, 7) is 5.80. The first-order valence-corrected chi connectivity index (χ1v) is 7.83. The maximum absolute atomic E-state index is 12.1. The third-order valence-electron chi connectivity index (χ3n) is 3.56. The third-order valence-corrected chi connectivity index (χ3v) is 3.56. The normalized spacial score (nSPS) is 15.4. The Labute approximate surface area is 131 Å². The minimum absolute atomic E-state index is 0.146. The second kappa shape index (κ2) is 6.81. The first kappa shape index (κ1) is 16.3. The highest BCUT2D eigenvalue weighted by molar-refractivity contribution is 5.97. The van der Waals surface area contributed by atoms with E-state index in [1.807, 2.05) is 20.8 Å². The lowest BCUT2D eigenvalue weighted by Gasteiger charge is -2.20. The molecule has 0 spiro atoms. The minimum Gasteiger partial charge on any atom is -0.347 e. The van der Waals surface area contributed by atoms with Crippen LogP contribution < -0.4 is 16.0 Å². The molecule has 1 saturated carbocycles. The van der Waals surface area contributed by atoms with Crippen LogP contribution in [0.1, 0.15) is 56.8 Å². The highest BCUT2D eigenvalue weighted by Crippen LogP contribution is 2.18. The predicted molar refractivity (Wildman–Crippen MR) is 88.1 cm³/mol. The molecule has 1 fully saturated rings. The summed E-state index contributed by atoms with van der Waals surface area (Å²) in [6.07, 6.45) is 4.43. The molecule has 0 aliphatic heterocycles. The Kier molecular flexibility index (Phi) is 5.06. The van der Waals surface area contributed by atoms with Gasteiger partial charge in [0.2, 0.25) is 0 Å². The van der Waals surface area contributed by atoms with Gasteiger partial charge < -0.3 is 16.0 Å². The lowest BCUT2D eigenvalue weighted by Crippen LogP contribution is -2.40. The van der Waals surface area contributed by atoms with E-state index in [1.54, 1.807) is 24.3 Å². The maximum atomic E-state index is 12.1. The molecule has 0 aromatic heterocycles. The van der Waals surface area contributed by atoms with Crippen molar-refractivity contribution in [3.8, 4) is 0 Å². The maximum Gasteiger partial charge on any atom is 0.319 e. The Hall–Kier alpha value is -2.04. The Morgan fingerprint density at radius 2 is 1.82 bits per heavy atom. The lowest BCUT2D eigenvalue weighted by molar-refractivity contribution is 0.0919. The molecule has 1 aromatic carbocycles. The first-order chi connectivity index (χ1) is 10.3. The Morgan fingerprint density at radius 1 is 1.14 bits per heavy atom. The molecule has 5 nitrogen and oxygen atoms in total. The molecular formula is C17H25N3O2. The average Bonchev–Trinajstić information content (AvgIpc) is 2.89. The Morgan fingerprint density at radius 3 is 2.45 bits per heavy atom. The van der Waals surface area contributed by atoms with E-state index in [1.165, 1.54) is 12.8 Å². The molecular weight excluding hydrogens is 278 g/mol. The van der Waals surface area contributed by atoms with Crippen LogP contribution in [0.25, 0.3) is 0 Å². The van der Waals surface area contributed by atoms with Gasteiger partial charge in [0, 0.05) is 22.8 Å². The number of carbonyl (C=O) groups is 2. The summed E-state index contributed by atoms with van der Waals surface area (Å²) >= 11 is 0. The van der Waals surface area contributed by atoms with Crippen LogP contribution in [0.3, 0.4) is 0 Å². The molecule has 1 aliphatic carbocycles. The summed E-state index contributed by atoms with van der Waals surface area (Å²) in [5, 5.41) is 8.67. The van der Waals surface area contributed by atoms with Crippen molar-refractivity contribution in [3.05, 3.63) is 29.8 Å². The quantitative estimate of drug-likeness (QED) is 0.802. The van der Waals surface area contributed by atoms with E-state index in [9.17, 15) is 9.59 Å². The van der Waals surface area contributed by atoms with Gasteiger partial charge in [-0.2, -0.15) is 0 Å². The van der Waals surface area contributed by atoms with Crippen molar-refractivity contribution in [2.75, 3.05) is 5.32 Å². The molecule has 3 amide bonds. The number of nitrogens with one attached hydrogen (secondary N) is 3. The molecule has 120 valence electrons. The number of anilines is 1. The van der Waals surface area contributed by atoms with Crippen molar-refractivity contribution >= 4 is 17.6 Å². The summed E-state index contributed by atoms with van der Waals surface area (Å²) in [4.78, 5) is 24.1. The third kappa shape index (κ3) is 5.06. The number of benzene rings is 1. The van der Waals surface area contributed by atoms with Gasteiger partial charge in [-0.3, -0.25) is 4.79 Å². The van der Waals surface area contributed by atoms with E-state index in [0.29, 0.717) is 11.3 Å². The molecule has 22 heavy (non-hydrogen) atoms. The van der Waals surface area contributed by atoms with Gasteiger partial charge >= 0.3 is 6.03 Å². The largest absolute Gasteiger partial charge is 0.347 e. The van der Waals surface area contributed by atoms with Crippen LogP contribution in [0.4, 0.5) is 10.5 Å². The Bertz CT molecular complexity index is 543. The highest BCUT2D eigenvalue weighted by Gasteiger charge is 2.18. The van der Waals surface area contributed by atoms with Gasteiger partial charge in [0.25, 0.3) is 5.91 Å². The van der Waals surface area contributed by atoms with Crippen molar-refractivity contribution in [3.63, 3.8) is 0 Å². The van der Waals surface area contributed by atoms with E-state index < -0.39 is 0 Å². The molecule has 1 aliphatic rings. The second-order valence-electron chi connectivity index (χ2n) is 6.86. The minimum atomic E-state index is -0.291. The molecule has 0 saturated heterocycles. The SMILES string of the molecule is CC(C)(C)NC(=O)c1cccc(NC(=O)NC2CCCC2)c1. The number of rotatable bonds is 3. The van der Waals surface area contributed by atoms with Crippen molar-refractivity contribution in [1.29, 1.82) is 0 Å². The molecule has 3 N–H and O–H groups in total. The van der Waals surface area contributed by atoms with Crippen LogP contribution in [-0.2, 0) is 0 Å². The molecule has 0 heterocycles. The molecule has 0 radical (unpaired) electrons. The standard InChI is InChI=1S/C17H25N3O2/c1-17(2,3)20-15(21)12-7-6-10-14(11-12)19-16(22)18-13-8-4-5-9-13/h6-7,10-11,13H,4-5,8-9H2,1-3H3,(H,20,21)(H2,18,19,22). The molecule has 5 heteroatoms. The zero-order chi connectivity index (χ0) is 16.2. The van der Waals surface area contributed by atoms with Crippen molar-refractivity contribution in [2.45, 2.75) is 58.0 Å². The number of hydrogen-bond donors (Lipinski definition) is 3. The number of amides is 3. The molecule has 0 atom stereocenters. The summed E-state index contributed by atoms with van der Waals surface area (Å²) in [6, 6.07) is 7.04. The monoisotopic (exact) mass is 303 g/mol. The fourth-order valence-corrected chi connectivity index (χ4v) is 2.57. The predicted octanol–water partition coefficient (Wildman–Crippen LogP) is 3.28. The van der Waals surface area contributed by atoms with Gasteiger partial charge in [-0.1, -0.05) is 18.9 Å². The van der Waals surface area contributed by atoms with Gasteiger partial charge in [-0.15, -0.1) is 0 Å². The second-order valence-corrected chi connectivity index (χ2v) is 6.86. The summed E-state index contributed by atoms with van der Waals surface area (Å²) < 4.78 is 0. The molecule has 0 bridgehead atoms. The van der Waals surface area contributed by atoms with E-state index in [-0.39, 0.29) is 23.5 Å². The van der Waals surface area contributed by atoms with Crippen molar-refractivity contribution < 1.29 is 9.59 Å². The van der Waals surface area contributed by atoms with Crippen molar-refractivity contribution in [2.24, 2.45) is 0 Å². The Balaban J connectivity index is 1.95. The zero-order valence-electron chi connectivity index (χ0n) is 13.5. The van der Waals surface area contributed by atoms with E-state index in [2.05, 4.69) is 16.0 Å². The first-order valence-electron chi connectivity index (χ1n) is 7.83. The van der Waals surface area contributed by atoms with Gasteiger partial charge in [0.05, 0.1) is 0 Å². The lowest BCUT2D eigenvalue weighted by atomic mass is 10.1. The van der Waals surface area contributed by atoms with Crippen LogP contribution in [0, 0.1) is 0 Å². The van der Waals surface area contributed by atoms with Crippen LogP contribution in [0.5, 0.6) is 0 Å². The topological polar surface area (TPSA) is 70.2 Å². The van der Waals surface area contributed by atoms with Gasteiger partial charge in [-0.05, 0) is 51.8 Å². The fraction of sp³-hybridized carbons (Fsp3) is 0.529. The smallest absolute Gasteiger partial charge is 0.319 e. The molecule has 2 rings (SSSR count). The van der Waals surface area contributed by atoms with Gasteiger partial charge in [0.1, 0.15) is 0 Å². The van der Waals surface area contributed by atoms with Crippen LogP contribution in [0.15, 0.2) is 24.3 Å². The summed E-state index contributed by atoms with van der Waals surface area (Å²) in [5.41, 5.74) is 0.867. The van der Waals surface area contributed by atoms with Gasteiger partial charge in [-0.25, -0.2) is 4.79 Å². The summed E-state index contributed by atoms with van der Waals surface area (Å²) in [7, 11) is 0. The molecule has 0 unspecified atom stereocenters. The van der Waals surface area contributed by atoms with E-state index in [4.69, 9.17) is 0 Å². The number of carbonyl (C=O) groups excluding carboxylic acids is 2. The van der Waals surface area contributed by atoms with Crippen LogP contribution in [0.2, 0.25) is 0 Å². The highest BCUT2D eigenvalue weighted by atomic mass is 16.2.